The third-order valence-corrected chi connectivity index (χ3v) is 3.09. The molecule has 4 heteroatoms. The number of hydrogen-bond acceptors (Lipinski definition) is 2. The summed E-state index contributed by atoms with van der Waals surface area (Å²) in [7, 11) is 0. The standard InChI is InChI=1S/C11H13BrFNO/c1-8-6-9(12)11(10(13)7-8)14-2-4-15-5-3-14/h6-7H,2-5H2,1H3. The Morgan fingerprint density at radius 3 is 2.60 bits per heavy atom. The summed E-state index contributed by atoms with van der Waals surface area (Å²) in [6.07, 6.45) is 0. The van der Waals surface area contributed by atoms with Crippen molar-refractivity contribution >= 4 is 21.6 Å². The van der Waals surface area contributed by atoms with Crippen molar-refractivity contribution in [3.8, 4) is 0 Å². The molecule has 15 heavy (non-hydrogen) atoms. The molecule has 0 radical (unpaired) electrons. The molecule has 2 rings (SSSR count). The highest BCUT2D eigenvalue weighted by molar-refractivity contribution is 9.10. The van der Waals surface area contributed by atoms with Gasteiger partial charge in [-0.3, -0.25) is 0 Å². The van der Waals surface area contributed by atoms with Crippen molar-refractivity contribution in [2.24, 2.45) is 0 Å². The minimum absolute atomic E-state index is 0.163. The largest absolute Gasteiger partial charge is 0.378 e. The van der Waals surface area contributed by atoms with Gasteiger partial charge in [-0.2, -0.15) is 0 Å². The van der Waals surface area contributed by atoms with Crippen LogP contribution in [0.25, 0.3) is 0 Å². The van der Waals surface area contributed by atoms with E-state index in [1.54, 1.807) is 6.07 Å². The Morgan fingerprint density at radius 2 is 2.00 bits per heavy atom. The van der Waals surface area contributed by atoms with Crippen LogP contribution in [0, 0.1) is 12.7 Å². The Morgan fingerprint density at radius 1 is 1.33 bits per heavy atom. The number of morpholine rings is 1. The van der Waals surface area contributed by atoms with Crippen molar-refractivity contribution in [3.05, 3.63) is 28.0 Å². The normalized spacial score (nSPS) is 16.9. The van der Waals surface area contributed by atoms with Crippen LogP contribution in [0.5, 0.6) is 0 Å². The third kappa shape index (κ3) is 2.32. The van der Waals surface area contributed by atoms with Gasteiger partial charge in [0.2, 0.25) is 0 Å². The van der Waals surface area contributed by atoms with Crippen LogP contribution in [0.15, 0.2) is 16.6 Å². The van der Waals surface area contributed by atoms with Crippen LogP contribution in [-0.2, 0) is 4.74 Å². The number of ether oxygens (including phenoxy) is 1. The minimum Gasteiger partial charge on any atom is -0.378 e. The fourth-order valence-electron chi connectivity index (χ4n) is 1.78. The third-order valence-electron chi connectivity index (χ3n) is 2.49. The van der Waals surface area contributed by atoms with Gasteiger partial charge in [-0.25, -0.2) is 4.39 Å². The van der Waals surface area contributed by atoms with E-state index in [1.807, 2.05) is 17.9 Å². The monoisotopic (exact) mass is 273 g/mol. The molecule has 0 saturated carbocycles. The van der Waals surface area contributed by atoms with Crippen molar-refractivity contribution in [3.63, 3.8) is 0 Å². The number of benzene rings is 1. The molecule has 1 aromatic carbocycles. The molecule has 0 aromatic heterocycles. The van der Waals surface area contributed by atoms with Crippen molar-refractivity contribution in [1.29, 1.82) is 0 Å². The van der Waals surface area contributed by atoms with Gasteiger partial charge in [0.1, 0.15) is 5.82 Å². The molecule has 1 aliphatic rings. The van der Waals surface area contributed by atoms with Gasteiger partial charge in [0.15, 0.2) is 0 Å². The van der Waals surface area contributed by atoms with E-state index in [0.29, 0.717) is 18.9 Å². The Balaban J connectivity index is 2.33. The fourth-order valence-corrected chi connectivity index (χ4v) is 2.58. The van der Waals surface area contributed by atoms with Gasteiger partial charge in [0.25, 0.3) is 0 Å². The molecule has 1 fully saturated rings. The Labute approximate surface area is 97.2 Å². The van der Waals surface area contributed by atoms with Crippen molar-refractivity contribution in [1.82, 2.24) is 0 Å². The highest BCUT2D eigenvalue weighted by Gasteiger charge is 2.18. The first-order valence-electron chi connectivity index (χ1n) is 4.97. The van der Waals surface area contributed by atoms with E-state index in [0.717, 1.165) is 23.1 Å². The zero-order chi connectivity index (χ0) is 10.8. The average Bonchev–Trinajstić information content (AvgIpc) is 2.17. The summed E-state index contributed by atoms with van der Waals surface area (Å²) in [5.41, 5.74) is 1.58. The van der Waals surface area contributed by atoms with E-state index < -0.39 is 0 Å². The second kappa shape index (κ2) is 4.49. The second-order valence-electron chi connectivity index (χ2n) is 3.68. The SMILES string of the molecule is Cc1cc(F)c(N2CCOCC2)c(Br)c1. The van der Waals surface area contributed by atoms with E-state index in [9.17, 15) is 4.39 Å². The fraction of sp³-hybridized carbons (Fsp3) is 0.455. The maximum Gasteiger partial charge on any atom is 0.147 e. The van der Waals surface area contributed by atoms with Gasteiger partial charge in [0, 0.05) is 17.6 Å². The molecule has 0 N–H and O–H groups in total. The van der Waals surface area contributed by atoms with Crippen LogP contribution >= 0.6 is 15.9 Å². The lowest BCUT2D eigenvalue weighted by Crippen LogP contribution is -2.37. The number of rotatable bonds is 1. The molecular formula is C11H13BrFNO. The smallest absolute Gasteiger partial charge is 0.147 e. The molecule has 0 unspecified atom stereocenters. The van der Waals surface area contributed by atoms with Crippen molar-refractivity contribution in [2.75, 3.05) is 31.2 Å². The first-order valence-corrected chi connectivity index (χ1v) is 5.76. The molecule has 82 valence electrons. The van der Waals surface area contributed by atoms with Crippen LogP contribution < -0.4 is 4.90 Å². The number of halogens is 2. The lowest BCUT2D eigenvalue weighted by atomic mass is 10.2. The Bertz CT molecular complexity index is 341. The van der Waals surface area contributed by atoms with Gasteiger partial charge < -0.3 is 9.64 Å². The van der Waals surface area contributed by atoms with Gasteiger partial charge in [-0.1, -0.05) is 0 Å². The summed E-state index contributed by atoms with van der Waals surface area (Å²) in [4.78, 5) is 2.02. The molecule has 1 aromatic rings. The van der Waals surface area contributed by atoms with Gasteiger partial charge >= 0.3 is 0 Å². The number of anilines is 1. The second-order valence-corrected chi connectivity index (χ2v) is 4.53. The zero-order valence-corrected chi connectivity index (χ0v) is 10.2. The van der Waals surface area contributed by atoms with Crippen molar-refractivity contribution < 1.29 is 9.13 Å². The lowest BCUT2D eigenvalue weighted by molar-refractivity contribution is 0.122. The molecule has 0 aliphatic carbocycles. The Kier molecular flexibility index (Phi) is 3.26. The molecule has 1 heterocycles. The highest BCUT2D eigenvalue weighted by Crippen LogP contribution is 2.31. The molecule has 0 amide bonds. The quantitative estimate of drug-likeness (QED) is 0.780. The van der Waals surface area contributed by atoms with Crippen LogP contribution in [-0.4, -0.2) is 26.3 Å². The van der Waals surface area contributed by atoms with E-state index >= 15 is 0 Å². The highest BCUT2D eigenvalue weighted by atomic mass is 79.9. The topological polar surface area (TPSA) is 12.5 Å². The van der Waals surface area contributed by atoms with Gasteiger partial charge in [-0.15, -0.1) is 0 Å². The van der Waals surface area contributed by atoms with Crippen LogP contribution in [0.2, 0.25) is 0 Å². The molecular weight excluding hydrogens is 261 g/mol. The van der Waals surface area contributed by atoms with Gasteiger partial charge in [0.05, 0.1) is 18.9 Å². The molecule has 1 aliphatic heterocycles. The van der Waals surface area contributed by atoms with Crippen LogP contribution in [0.3, 0.4) is 0 Å². The summed E-state index contributed by atoms with van der Waals surface area (Å²) >= 11 is 3.41. The minimum atomic E-state index is -0.163. The maximum absolute atomic E-state index is 13.8. The van der Waals surface area contributed by atoms with E-state index in [2.05, 4.69) is 15.9 Å². The first-order chi connectivity index (χ1) is 7.18. The Hall–Kier alpha value is -0.610. The molecule has 1 saturated heterocycles. The average molecular weight is 274 g/mol. The summed E-state index contributed by atoms with van der Waals surface area (Å²) in [6.45, 7) is 4.72. The summed E-state index contributed by atoms with van der Waals surface area (Å²) in [5.74, 6) is -0.163. The summed E-state index contributed by atoms with van der Waals surface area (Å²) in [5, 5.41) is 0. The van der Waals surface area contributed by atoms with Crippen molar-refractivity contribution in [2.45, 2.75) is 6.92 Å². The summed E-state index contributed by atoms with van der Waals surface area (Å²) in [6, 6.07) is 3.50. The number of hydrogen-bond donors (Lipinski definition) is 0. The predicted molar refractivity (Wildman–Crippen MR) is 61.9 cm³/mol. The molecule has 0 spiro atoms. The van der Waals surface area contributed by atoms with Crippen LogP contribution in [0.1, 0.15) is 5.56 Å². The molecule has 0 bridgehead atoms. The molecule has 2 nitrogen and oxygen atoms in total. The van der Waals surface area contributed by atoms with Gasteiger partial charge in [-0.05, 0) is 40.5 Å². The van der Waals surface area contributed by atoms with E-state index in [4.69, 9.17) is 4.74 Å². The molecule has 0 atom stereocenters. The first kappa shape index (κ1) is 10.9. The van der Waals surface area contributed by atoms with E-state index in [-0.39, 0.29) is 5.82 Å². The lowest BCUT2D eigenvalue weighted by Gasteiger charge is -2.30. The number of nitrogens with zero attached hydrogens (tertiary/aromatic N) is 1. The summed E-state index contributed by atoms with van der Waals surface area (Å²) < 4.78 is 19.8. The number of aryl methyl sites for hydroxylation is 1. The maximum atomic E-state index is 13.8. The predicted octanol–water partition coefficient (Wildman–Crippen LogP) is 2.73. The zero-order valence-electron chi connectivity index (χ0n) is 8.59. The van der Waals surface area contributed by atoms with Crippen LogP contribution in [0.4, 0.5) is 10.1 Å². The van der Waals surface area contributed by atoms with E-state index in [1.165, 1.54) is 0 Å².